The first kappa shape index (κ1) is 20.6. The van der Waals surface area contributed by atoms with Gasteiger partial charge in [-0.25, -0.2) is 4.98 Å². The molecule has 1 amide bonds. The lowest BCUT2D eigenvalue weighted by Crippen LogP contribution is -2.35. The number of pyridine rings is 1. The van der Waals surface area contributed by atoms with E-state index in [1.165, 1.54) is 5.69 Å². The Balaban J connectivity index is 1.14. The predicted molar refractivity (Wildman–Crippen MR) is 131 cm³/mol. The first-order valence-electron chi connectivity index (χ1n) is 11.2. The number of nitrogens with zero attached hydrogens (tertiary/aromatic N) is 3. The van der Waals surface area contributed by atoms with Crippen LogP contribution in [0, 0.1) is 5.92 Å². The molecule has 162 valence electrons. The van der Waals surface area contributed by atoms with Crippen molar-refractivity contribution in [2.75, 3.05) is 24.5 Å². The van der Waals surface area contributed by atoms with Gasteiger partial charge in [0, 0.05) is 48.8 Å². The number of piperidine rings is 1. The minimum atomic E-state index is -0.0119. The van der Waals surface area contributed by atoms with Crippen molar-refractivity contribution in [2.45, 2.75) is 19.3 Å². The van der Waals surface area contributed by atoms with Gasteiger partial charge in [0.2, 0.25) is 0 Å². The third kappa shape index (κ3) is 4.65. The van der Waals surface area contributed by atoms with Crippen LogP contribution in [-0.4, -0.2) is 35.5 Å². The van der Waals surface area contributed by atoms with Crippen molar-refractivity contribution in [3.63, 3.8) is 0 Å². The Hall–Kier alpha value is -3.25. The van der Waals surface area contributed by atoms with Gasteiger partial charge in [0.25, 0.3) is 5.91 Å². The second-order valence-electron chi connectivity index (χ2n) is 8.25. The SMILES string of the molecule is O=C(NCCC1CCN(c2ccncc2)CC1)c1cccc(-c2nc3ccccc3s2)c1. The average molecular weight is 443 g/mol. The van der Waals surface area contributed by atoms with Crippen molar-refractivity contribution >= 4 is 33.1 Å². The van der Waals surface area contributed by atoms with Crippen LogP contribution in [0.15, 0.2) is 73.1 Å². The minimum Gasteiger partial charge on any atom is -0.371 e. The normalized spacial score (nSPS) is 14.6. The topological polar surface area (TPSA) is 58.1 Å². The van der Waals surface area contributed by atoms with Gasteiger partial charge in [0.05, 0.1) is 10.2 Å². The van der Waals surface area contributed by atoms with Crippen molar-refractivity contribution < 1.29 is 4.79 Å². The number of aromatic nitrogens is 2. The number of benzene rings is 2. The van der Waals surface area contributed by atoms with Crippen molar-refractivity contribution in [3.05, 3.63) is 78.6 Å². The van der Waals surface area contributed by atoms with E-state index in [-0.39, 0.29) is 5.91 Å². The molecule has 1 aliphatic heterocycles. The van der Waals surface area contributed by atoms with Crippen LogP contribution in [0.1, 0.15) is 29.6 Å². The smallest absolute Gasteiger partial charge is 0.251 e. The fraction of sp³-hybridized carbons (Fsp3) is 0.269. The molecule has 6 heteroatoms. The van der Waals surface area contributed by atoms with Crippen molar-refractivity contribution in [1.29, 1.82) is 0 Å². The number of fused-ring (bicyclic) bond motifs is 1. The Morgan fingerprint density at radius 3 is 2.66 bits per heavy atom. The van der Waals surface area contributed by atoms with Gasteiger partial charge in [-0.3, -0.25) is 9.78 Å². The van der Waals surface area contributed by atoms with Crippen molar-refractivity contribution in [3.8, 4) is 10.6 Å². The number of nitrogens with one attached hydrogen (secondary N) is 1. The van der Waals surface area contributed by atoms with Gasteiger partial charge in [0.15, 0.2) is 0 Å². The van der Waals surface area contributed by atoms with E-state index in [1.54, 1.807) is 11.3 Å². The molecule has 0 saturated carbocycles. The maximum absolute atomic E-state index is 12.7. The molecule has 1 aliphatic rings. The predicted octanol–water partition coefficient (Wildman–Crippen LogP) is 5.39. The van der Waals surface area contributed by atoms with Crippen molar-refractivity contribution in [2.24, 2.45) is 5.92 Å². The molecule has 4 aromatic rings. The first-order chi connectivity index (χ1) is 15.8. The molecule has 5 rings (SSSR count). The zero-order valence-electron chi connectivity index (χ0n) is 17.9. The first-order valence-corrected chi connectivity index (χ1v) is 12.0. The van der Waals surface area contributed by atoms with Crippen LogP contribution in [0.3, 0.4) is 0 Å². The summed E-state index contributed by atoms with van der Waals surface area (Å²) in [6, 6.07) is 20.0. The second-order valence-corrected chi connectivity index (χ2v) is 9.28. The van der Waals surface area contributed by atoms with E-state index in [1.807, 2.05) is 54.9 Å². The molecule has 3 heterocycles. The van der Waals surface area contributed by atoms with Crippen LogP contribution in [0.2, 0.25) is 0 Å². The summed E-state index contributed by atoms with van der Waals surface area (Å²) >= 11 is 1.66. The number of carbonyl (C=O) groups excluding carboxylic acids is 1. The van der Waals surface area contributed by atoms with Gasteiger partial charge in [-0.1, -0.05) is 24.3 Å². The molecule has 1 fully saturated rings. The minimum absolute atomic E-state index is 0.0119. The molecule has 2 aromatic heterocycles. The van der Waals surface area contributed by atoms with Gasteiger partial charge in [-0.2, -0.15) is 0 Å². The summed E-state index contributed by atoms with van der Waals surface area (Å²) in [7, 11) is 0. The molecular formula is C26H26N4OS. The number of thiazole rings is 1. The summed E-state index contributed by atoms with van der Waals surface area (Å²) in [5.41, 5.74) is 3.92. The van der Waals surface area contributed by atoms with E-state index in [2.05, 4.69) is 33.4 Å². The molecule has 2 aromatic carbocycles. The fourth-order valence-corrected chi connectivity index (χ4v) is 5.28. The Morgan fingerprint density at radius 1 is 1.03 bits per heavy atom. The lowest BCUT2D eigenvalue weighted by Gasteiger charge is -2.33. The second kappa shape index (κ2) is 9.49. The summed E-state index contributed by atoms with van der Waals surface area (Å²) in [6.07, 6.45) is 7.04. The van der Waals surface area contributed by atoms with Gasteiger partial charge < -0.3 is 10.2 Å². The average Bonchev–Trinajstić information content (AvgIpc) is 3.30. The standard InChI is InChI=1S/C26H26N4OS/c31-25(28-15-8-19-11-16-30(17-12-19)22-9-13-27-14-10-22)20-4-3-5-21(18-20)26-29-23-6-1-2-7-24(23)32-26/h1-7,9-10,13-14,18-19H,8,11-12,15-17H2,(H,28,31). The molecule has 32 heavy (non-hydrogen) atoms. The number of hydrogen-bond donors (Lipinski definition) is 1. The highest BCUT2D eigenvalue weighted by Gasteiger charge is 2.19. The zero-order chi connectivity index (χ0) is 21.8. The van der Waals surface area contributed by atoms with Crippen LogP contribution in [0.5, 0.6) is 0 Å². The monoisotopic (exact) mass is 442 g/mol. The van der Waals surface area contributed by atoms with E-state index in [0.717, 1.165) is 53.1 Å². The van der Waals surface area contributed by atoms with E-state index in [4.69, 9.17) is 4.98 Å². The Labute approximate surface area is 192 Å². The summed E-state index contributed by atoms with van der Waals surface area (Å²) in [4.78, 5) is 24.0. The maximum atomic E-state index is 12.7. The Kier molecular flexibility index (Phi) is 6.12. The number of carbonyl (C=O) groups is 1. The Bertz CT molecular complexity index is 1170. The fourth-order valence-electron chi connectivity index (χ4n) is 4.32. The number of rotatable bonds is 6. The molecule has 0 unspecified atom stereocenters. The van der Waals surface area contributed by atoms with Gasteiger partial charge >= 0.3 is 0 Å². The third-order valence-corrected chi connectivity index (χ3v) is 7.23. The summed E-state index contributed by atoms with van der Waals surface area (Å²) in [5.74, 6) is 0.643. The van der Waals surface area contributed by atoms with E-state index in [0.29, 0.717) is 18.0 Å². The van der Waals surface area contributed by atoms with E-state index >= 15 is 0 Å². The summed E-state index contributed by atoms with van der Waals surface area (Å²) in [6.45, 7) is 2.84. The van der Waals surface area contributed by atoms with Gasteiger partial charge in [-0.05, 0) is 61.6 Å². The highest BCUT2D eigenvalue weighted by Crippen LogP contribution is 2.30. The molecule has 0 radical (unpaired) electrons. The van der Waals surface area contributed by atoms with Crippen LogP contribution in [0.4, 0.5) is 5.69 Å². The largest absolute Gasteiger partial charge is 0.371 e. The highest BCUT2D eigenvalue weighted by atomic mass is 32.1. The van der Waals surface area contributed by atoms with Crippen LogP contribution in [-0.2, 0) is 0 Å². The van der Waals surface area contributed by atoms with Crippen LogP contribution >= 0.6 is 11.3 Å². The molecule has 1 N–H and O–H groups in total. The lowest BCUT2D eigenvalue weighted by atomic mass is 9.93. The molecular weight excluding hydrogens is 416 g/mol. The summed E-state index contributed by atoms with van der Waals surface area (Å²) < 4.78 is 1.16. The molecule has 0 bridgehead atoms. The molecule has 1 saturated heterocycles. The number of para-hydroxylation sites is 1. The third-order valence-electron chi connectivity index (χ3n) is 6.15. The molecule has 5 nitrogen and oxygen atoms in total. The van der Waals surface area contributed by atoms with Crippen molar-refractivity contribution in [1.82, 2.24) is 15.3 Å². The van der Waals surface area contributed by atoms with Crippen LogP contribution < -0.4 is 10.2 Å². The van der Waals surface area contributed by atoms with E-state index in [9.17, 15) is 4.79 Å². The lowest BCUT2D eigenvalue weighted by molar-refractivity contribution is 0.0950. The Morgan fingerprint density at radius 2 is 1.84 bits per heavy atom. The molecule has 0 spiro atoms. The summed E-state index contributed by atoms with van der Waals surface area (Å²) in [5, 5.41) is 4.06. The number of anilines is 1. The van der Waals surface area contributed by atoms with E-state index < -0.39 is 0 Å². The van der Waals surface area contributed by atoms with Crippen LogP contribution in [0.25, 0.3) is 20.8 Å². The van der Waals surface area contributed by atoms with Gasteiger partial charge in [0.1, 0.15) is 5.01 Å². The maximum Gasteiger partial charge on any atom is 0.251 e. The number of hydrogen-bond acceptors (Lipinski definition) is 5. The highest BCUT2D eigenvalue weighted by molar-refractivity contribution is 7.21. The quantitative estimate of drug-likeness (QED) is 0.435. The van der Waals surface area contributed by atoms with Gasteiger partial charge in [-0.15, -0.1) is 11.3 Å². The zero-order valence-corrected chi connectivity index (χ0v) is 18.7. The number of amides is 1. The molecule has 0 atom stereocenters. The molecule has 0 aliphatic carbocycles.